The van der Waals surface area contributed by atoms with Gasteiger partial charge in [-0.25, -0.2) is 4.98 Å². The molecule has 3 atom stereocenters. The van der Waals surface area contributed by atoms with Crippen molar-refractivity contribution in [1.29, 1.82) is 0 Å². The lowest BCUT2D eigenvalue weighted by molar-refractivity contribution is 0.423. The summed E-state index contributed by atoms with van der Waals surface area (Å²) in [6.07, 6.45) is 10.9. The molecule has 2 fully saturated rings. The second-order valence-electron chi connectivity index (χ2n) is 5.90. The van der Waals surface area contributed by atoms with Gasteiger partial charge in [0, 0.05) is 18.8 Å². The van der Waals surface area contributed by atoms with E-state index >= 15 is 0 Å². The van der Waals surface area contributed by atoms with Crippen molar-refractivity contribution in [2.45, 2.75) is 51.6 Å². The summed E-state index contributed by atoms with van der Waals surface area (Å²) >= 11 is 0. The van der Waals surface area contributed by atoms with E-state index in [0.717, 1.165) is 18.4 Å². The van der Waals surface area contributed by atoms with Gasteiger partial charge in [0.25, 0.3) is 0 Å². The summed E-state index contributed by atoms with van der Waals surface area (Å²) in [5.41, 5.74) is 1.40. The molecule has 2 heterocycles. The minimum atomic E-state index is 0.552. The predicted octanol–water partition coefficient (Wildman–Crippen LogP) is 2.74. The van der Waals surface area contributed by atoms with Crippen LogP contribution in [0.3, 0.4) is 0 Å². The van der Waals surface area contributed by atoms with Crippen LogP contribution in [0.15, 0.2) is 12.5 Å². The number of nitrogens with one attached hydrogen (secondary N) is 1. The standard InChI is InChI=1S/C14H23N3/c1-11-4-5-12(7-11)9-17-10-15-8-14(17)13-3-2-6-16-13/h8,10-13,16H,2-7,9H2,1H3. The van der Waals surface area contributed by atoms with Crippen LogP contribution in [0.25, 0.3) is 0 Å². The van der Waals surface area contributed by atoms with E-state index < -0.39 is 0 Å². The van der Waals surface area contributed by atoms with E-state index in [4.69, 9.17) is 0 Å². The van der Waals surface area contributed by atoms with Gasteiger partial charge >= 0.3 is 0 Å². The smallest absolute Gasteiger partial charge is 0.0948 e. The van der Waals surface area contributed by atoms with Gasteiger partial charge in [-0.3, -0.25) is 0 Å². The fraction of sp³-hybridized carbons (Fsp3) is 0.786. The third-order valence-corrected chi connectivity index (χ3v) is 4.42. The van der Waals surface area contributed by atoms with Crippen molar-refractivity contribution in [3.8, 4) is 0 Å². The number of nitrogens with zero attached hydrogens (tertiary/aromatic N) is 2. The summed E-state index contributed by atoms with van der Waals surface area (Å²) in [6.45, 7) is 4.72. The largest absolute Gasteiger partial charge is 0.333 e. The maximum Gasteiger partial charge on any atom is 0.0948 e. The van der Waals surface area contributed by atoms with Gasteiger partial charge in [0.15, 0.2) is 0 Å². The molecule has 1 N–H and O–H groups in total. The van der Waals surface area contributed by atoms with Crippen LogP contribution in [0.4, 0.5) is 0 Å². The van der Waals surface area contributed by atoms with Gasteiger partial charge in [0.2, 0.25) is 0 Å². The highest BCUT2D eigenvalue weighted by molar-refractivity contribution is 5.07. The lowest BCUT2D eigenvalue weighted by Gasteiger charge is -2.17. The van der Waals surface area contributed by atoms with Crippen molar-refractivity contribution >= 4 is 0 Å². The molecule has 1 aromatic heterocycles. The SMILES string of the molecule is CC1CCC(Cn2cncc2C2CCCN2)C1. The summed E-state index contributed by atoms with van der Waals surface area (Å²) in [7, 11) is 0. The van der Waals surface area contributed by atoms with Crippen molar-refractivity contribution in [3.05, 3.63) is 18.2 Å². The Labute approximate surface area is 104 Å². The van der Waals surface area contributed by atoms with Crippen LogP contribution in [0.5, 0.6) is 0 Å². The first-order valence-corrected chi connectivity index (χ1v) is 7.06. The van der Waals surface area contributed by atoms with E-state index in [-0.39, 0.29) is 0 Å². The van der Waals surface area contributed by atoms with E-state index in [1.54, 1.807) is 0 Å². The Morgan fingerprint density at radius 1 is 1.41 bits per heavy atom. The highest BCUT2D eigenvalue weighted by Gasteiger charge is 2.24. The molecule has 1 saturated heterocycles. The van der Waals surface area contributed by atoms with Crippen LogP contribution < -0.4 is 5.32 Å². The Balaban J connectivity index is 1.68. The molecule has 0 bridgehead atoms. The van der Waals surface area contributed by atoms with Crippen molar-refractivity contribution in [2.75, 3.05) is 6.54 Å². The zero-order valence-electron chi connectivity index (χ0n) is 10.7. The monoisotopic (exact) mass is 233 g/mol. The quantitative estimate of drug-likeness (QED) is 0.870. The van der Waals surface area contributed by atoms with Crippen molar-refractivity contribution in [1.82, 2.24) is 14.9 Å². The zero-order valence-corrected chi connectivity index (χ0v) is 10.7. The normalized spacial score (nSPS) is 33.4. The average molecular weight is 233 g/mol. The van der Waals surface area contributed by atoms with Gasteiger partial charge < -0.3 is 9.88 Å². The molecule has 2 aliphatic rings. The maximum absolute atomic E-state index is 4.35. The second-order valence-corrected chi connectivity index (χ2v) is 5.90. The van der Waals surface area contributed by atoms with Crippen molar-refractivity contribution < 1.29 is 0 Å². The van der Waals surface area contributed by atoms with Gasteiger partial charge in [-0.2, -0.15) is 0 Å². The minimum Gasteiger partial charge on any atom is -0.333 e. The topological polar surface area (TPSA) is 29.9 Å². The highest BCUT2D eigenvalue weighted by atomic mass is 15.1. The molecule has 94 valence electrons. The summed E-state index contributed by atoms with van der Waals surface area (Å²) in [5.74, 6) is 1.80. The molecular formula is C14H23N3. The lowest BCUT2D eigenvalue weighted by atomic mass is 10.1. The minimum absolute atomic E-state index is 0.552. The van der Waals surface area contributed by atoms with E-state index in [0.29, 0.717) is 6.04 Å². The Kier molecular flexibility index (Phi) is 3.19. The molecule has 1 saturated carbocycles. The molecule has 0 amide bonds. The van der Waals surface area contributed by atoms with Gasteiger partial charge in [-0.1, -0.05) is 13.3 Å². The number of rotatable bonds is 3. The van der Waals surface area contributed by atoms with Crippen LogP contribution in [-0.2, 0) is 6.54 Å². The van der Waals surface area contributed by atoms with Crippen molar-refractivity contribution in [2.24, 2.45) is 11.8 Å². The first-order chi connectivity index (χ1) is 8.33. The molecule has 0 spiro atoms. The van der Waals surface area contributed by atoms with E-state index in [9.17, 15) is 0 Å². The molecule has 0 radical (unpaired) electrons. The molecule has 3 nitrogen and oxygen atoms in total. The van der Waals surface area contributed by atoms with E-state index in [1.165, 1.54) is 44.3 Å². The van der Waals surface area contributed by atoms with Crippen LogP contribution in [-0.4, -0.2) is 16.1 Å². The second kappa shape index (κ2) is 4.81. The number of aromatic nitrogens is 2. The third kappa shape index (κ3) is 2.39. The Hall–Kier alpha value is -0.830. The van der Waals surface area contributed by atoms with E-state index in [1.807, 2.05) is 6.33 Å². The summed E-state index contributed by atoms with van der Waals surface area (Å²) in [5, 5.41) is 3.57. The molecular weight excluding hydrogens is 210 g/mol. The molecule has 3 rings (SSSR count). The third-order valence-electron chi connectivity index (χ3n) is 4.42. The Morgan fingerprint density at radius 3 is 3.06 bits per heavy atom. The van der Waals surface area contributed by atoms with Crippen LogP contribution in [0.2, 0.25) is 0 Å². The summed E-state index contributed by atoms with van der Waals surface area (Å²) in [6, 6.07) is 0.552. The molecule has 1 aliphatic heterocycles. The van der Waals surface area contributed by atoms with Gasteiger partial charge in [0.05, 0.1) is 12.0 Å². The molecule has 0 aromatic carbocycles. The molecule has 3 unspecified atom stereocenters. The van der Waals surface area contributed by atoms with Crippen LogP contribution in [0.1, 0.15) is 50.8 Å². The molecule has 1 aromatic rings. The fourth-order valence-corrected chi connectivity index (χ4v) is 3.48. The van der Waals surface area contributed by atoms with Crippen LogP contribution in [0, 0.1) is 11.8 Å². The lowest BCUT2D eigenvalue weighted by Crippen LogP contribution is -2.18. The first-order valence-electron chi connectivity index (χ1n) is 7.06. The Morgan fingerprint density at radius 2 is 2.35 bits per heavy atom. The van der Waals surface area contributed by atoms with Gasteiger partial charge in [0.1, 0.15) is 0 Å². The van der Waals surface area contributed by atoms with Gasteiger partial charge in [-0.05, 0) is 44.1 Å². The maximum atomic E-state index is 4.35. The number of hydrogen-bond acceptors (Lipinski definition) is 2. The highest BCUT2D eigenvalue weighted by Crippen LogP contribution is 2.32. The number of imidazole rings is 1. The Bertz CT molecular complexity index is 365. The van der Waals surface area contributed by atoms with Gasteiger partial charge in [-0.15, -0.1) is 0 Å². The fourth-order valence-electron chi connectivity index (χ4n) is 3.48. The molecule has 1 aliphatic carbocycles. The summed E-state index contributed by atoms with van der Waals surface area (Å²) < 4.78 is 2.39. The summed E-state index contributed by atoms with van der Waals surface area (Å²) in [4.78, 5) is 4.35. The first kappa shape index (κ1) is 11.3. The average Bonchev–Trinajstić information content (AvgIpc) is 3.00. The molecule has 3 heteroatoms. The van der Waals surface area contributed by atoms with E-state index in [2.05, 4.69) is 28.0 Å². The molecule has 17 heavy (non-hydrogen) atoms. The number of hydrogen-bond donors (Lipinski definition) is 1. The van der Waals surface area contributed by atoms with Crippen molar-refractivity contribution in [3.63, 3.8) is 0 Å². The van der Waals surface area contributed by atoms with Crippen LogP contribution >= 0.6 is 0 Å². The zero-order chi connectivity index (χ0) is 11.7. The predicted molar refractivity (Wildman–Crippen MR) is 68.7 cm³/mol.